The van der Waals surface area contributed by atoms with Gasteiger partial charge in [-0.1, -0.05) is 0 Å². The van der Waals surface area contributed by atoms with E-state index in [0.29, 0.717) is 18.0 Å². The normalized spacial score (nSPS) is 12.5. The van der Waals surface area contributed by atoms with Crippen LogP contribution in [0.2, 0.25) is 0 Å². The largest absolute Gasteiger partial charge is 0.491 e. The summed E-state index contributed by atoms with van der Waals surface area (Å²) < 4.78 is 5.60. The molecule has 168 valence electrons. The lowest BCUT2D eigenvalue weighted by Crippen LogP contribution is -2.28. The molecule has 1 heterocycles. The van der Waals surface area contributed by atoms with E-state index >= 15 is 0 Å². The Bertz CT molecular complexity index is 966. The fourth-order valence-corrected chi connectivity index (χ4v) is 3.15. The quantitative estimate of drug-likeness (QED) is 0.167. The van der Waals surface area contributed by atoms with E-state index < -0.39 is 9.85 Å². The van der Waals surface area contributed by atoms with Crippen LogP contribution in [0.4, 0.5) is 22.7 Å². The molecule has 1 aliphatic heterocycles. The smallest absolute Gasteiger partial charge is 0.391 e. The number of rotatable bonds is 12. The summed E-state index contributed by atoms with van der Waals surface area (Å²) in [5.74, 6) is 0.322. The van der Waals surface area contributed by atoms with Crippen LogP contribution in [0.1, 0.15) is 12.8 Å². The van der Waals surface area contributed by atoms with Crippen molar-refractivity contribution in [3.8, 4) is 5.75 Å². The van der Waals surface area contributed by atoms with Gasteiger partial charge in [-0.2, -0.15) is 4.90 Å². The summed E-state index contributed by atoms with van der Waals surface area (Å²) in [6.45, 7) is 3.47. The summed E-state index contributed by atoms with van der Waals surface area (Å²) in [7, 11) is 0. The van der Waals surface area contributed by atoms with E-state index in [-0.39, 0.29) is 11.4 Å². The predicted molar refractivity (Wildman–Crippen MR) is 120 cm³/mol. The molecule has 0 radical (unpaired) electrons. The second kappa shape index (κ2) is 10.8. The van der Waals surface area contributed by atoms with Crippen LogP contribution in [0.25, 0.3) is 0 Å². The average Bonchev–Trinajstić information content (AvgIpc) is 3.23. The Balaban J connectivity index is 1.29. The topological polar surface area (TPSA) is 140 Å². The first-order valence-electron chi connectivity index (χ1n) is 10.2. The van der Waals surface area contributed by atoms with Crippen molar-refractivity contribution in [2.45, 2.75) is 12.8 Å². The lowest BCUT2D eigenvalue weighted by atomic mass is 10.2. The number of nitro groups is 2. The van der Waals surface area contributed by atoms with Gasteiger partial charge in [0.05, 0.1) is 34.8 Å². The first kappa shape index (κ1) is 22.6. The van der Waals surface area contributed by atoms with E-state index in [2.05, 4.69) is 16.4 Å². The minimum Gasteiger partial charge on any atom is -0.491 e. The molecule has 0 atom stereocenters. The molecule has 0 aliphatic carbocycles. The summed E-state index contributed by atoms with van der Waals surface area (Å²) in [6, 6.07) is 10.5. The van der Waals surface area contributed by atoms with Gasteiger partial charge in [-0.05, 0) is 24.6 Å². The molecule has 11 nitrogen and oxygen atoms in total. The van der Waals surface area contributed by atoms with E-state index in [1.165, 1.54) is 30.3 Å². The molecule has 3 N–H and O–H groups in total. The zero-order valence-electron chi connectivity index (χ0n) is 17.5. The Morgan fingerprint density at radius 3 is 2.47 bits per heavy atom. The molecule has 2 aromatic rings. The average molecular weight is 441 g/mol. The highest BCUT2D eigenvalue weighted by atomic mass is 16.6. The molecular formula is C21H25N6O5+. The number of ether oxygens (including phenoxy) is 1. The second-order valence-electron chi connectivity index (χ2n) is 7.24. The molecule has 2 aromatic carbocycles. The molecule has 32 heavy (non-hydrogen) atoms. The molecule has 0 fully saturated rings. The lowest BCUT2D eigenvalue weighted by molar-refractivity contribution is -0.385. The molecule has 1 aliphatic rings. The highest BCUT2D eigenvalue weighted by molar-refractivity contribution is 5.57. The Labute approximate surface area is 185 Å². The lowest BCUT2D eigenvalue weighted by Gasteiger charge is -2.14. The van der Waals surface area contributed by atoms with Crippen LogP contribution in [-0.4, -0.2) is 52.6 Å². The fourth-order valence-electron chi connectivity index (χ4n) is 3.15. The second-order valence-corrected chi connectivity index (χ2v) is 7.24. The maximum absolute atomic E-state index is 10.9. The van der Waals surface area contributed by atoms with Crippen LogP contribution in [0, 0.1) is 26.4 Å². The molecule has 0 saturated carbocycles. The highest BCUT2D eigenvalue weighted by Crippen LogP contribution is 2.26. The van der Waals surface area contributed by atoms with Crippen LogP contribution in [-0.2, 0) is 0 Å². The van der Waals surface area contributed by atoms with Gasteiger partial charge in [0.15, 0.2) is 0 Å². The van der Waals surface area contributed by atoms with Crippen LogP contribution in [0.5, 0.6) is 5.75 Å². The van der Waals surface area contributed by atoms with Gasteiger partial charge in [-0.3, -0.25) is 20.2 Å². The van der Waals surface area contributed by atoms with Crippen molar-refractivity contribution in [2.75, 3.05) is 44.0 Å². The minimum atomic E-state index is -0.480. The van der Waals surface area contributed by atoms with Crippen molar-refractivity contribution in [1.82, 2.24) is 9.80 Å². The SMILES string of the molecule is Nc1ccc([N+](=O)[O-])cc1OCCCN1[C+]=CN(CCCNc2ccc([N+](=O)[O-])cc2)C1. The number of nitro benzene ring substituents is 2. The van der Waals surface area contributed by atoms with Crippen molar-refractivity contribution >= 4 is 22.7 Å². The number of anilines is 2. The summed E-state index contributed by atoms with van der Waals surface area (Å²) in [4.78, 5) is 24.8. The number of benzene rings is 2. The van der Waals surface area contributed by atoms with Crippen molar-refractivity contribution in [2.24, 2.45) is 0 Å². The van der Waals surface area contributed by atoms with Gasteiger partial charge in [0, 0.05) is 43.4 Å². The molecular weight excluding hydrogens is 416 g/mol. The maximum atomic E-state index is 10.9. The van der Waals surface area contributed by atoms with Crippen LogP contribution in [0.15, 0.2) is 48.7 Å². The molecule has 3 rings (SSSR count). The van der Waals surface area contributed by atoms with Gasteiger partial charge in [0.1, 0.15) is 12.4 Å². The number of nitrogens with one attached hydrogen (secondary N) is 1. The van der Waals surface area contributed by atoms with Gasteiger partial charge in [0.25, 0.3) is 17.6 Å². The first-order chi connectivity index (χ1) is 15.4. The number of hydrogen-bond donors (Lipinski definition) is 2. The molecule has 0 bridgehead atoms. The van der Waals surface area contributed by atoms with Crippen LogP contribution < -0.4 is 15.8 Å². The minimum absolute atomic E-state index is 0.0521. The first-order valence-corrected chi connectivity index (χ1v) is 10.2. The molecule has 0 aromatic heterocycles. The zero-order valence-corrected chi connectivity index (χ0v) is 17.5. The van der Waals surface area contributed by atoms with Crippen LogP contribution >= 0.6 is 0 Å². The zero-order chi connectivity index (χ0) is 22.9. The third-order valence-electron chi connectivity index (χ3n) is 4.84. The Morgan fingerprint density at radius 2 is 1.75 bits per heavy atom. The molecule has 0 saturated heterocycles. The van der Waals surface area contributed by atoms with E-state index in [4.69, 9.17) is 10.5 Å². The van der Waals surface area contributed by atoms with E-state index in [0.717, 1.165) is 44.8 Å². The Kier molecular flexibility index (Phi) is 7.60. The number of nitrogen functional groups attached to an aromatic ring is 1. The van der Waals surface area contributed by atoms with Gasteiger partial charge in [-0.25, -0.2) is 0 Å². The molecule has 0 amide bonds. The van der Waals surface area contributed by atoms with Gasteiger partial charge in [-0.15, -0.1) is 0 Å². The molecule has 0 unspecified atom stereocenters. The molecule has 11 heteroatoms. The predicted octanol–water partition coefficient (Wildman–Crippen LogP) is 3.21. The fraction of sp³-hybridized carbons (Fsp3) is 0.333. The van der Waals surface area contributed by atoms with Crippen molar-refractivity contribution in [3.05, 3.63) is 75.1 Å². The molecule has 0 spiro atoms. The van der Waals surface area contributed by atoms with Gasteiger partial charge >= 0.3 is 6.20 Å². The number of nitrogens with two attached hydrogens (primary N) is 1. The van der Waals surface area contributed by atoms with Crippen molar-refractivity contribution in [3.63, 3.8) is 0 Å². The number of hydrogen-bond acceptors (Lipinski definition) is 9. The third kappa shape index (κ3) is 6.44. The summed E-state index contributed by atoms with van der Waals surface area (Å²) in [6.07, 6.45) is 6.74. The van der Waals surface area contributed by atoms with E-state index in [1.807, 2.05) is 11.1 Å². The highest BCUT2D eigenvalue weighted by Gasteiger charge is 2.23. The summed E-state index contributed by atoms with van der Waals surface area (Å²) in [5, 5.41) is 24.8. The summed E-state index contributed by atoms with van der Waals surface area (Å²) >= 11 is 0. The van der Waals surface area contributed by atoms with Crippen LogP contribution in [0.3, 0.4) is 0 Å². The van der Waals surface area contributed by atoms with Gasteiger partial charge < -0.3 is 20.7 Å². The van der Waals surface area contributed by atoms with Crippen molar-refractivity contribution < 1.29 is 14.6 Å². The standard InChI is InChI=1S/C21H25N6O5/c22-20-8-7-19(27(30)31)15-21(20)32-14-2-11-25-13-12-24(16-25)10-1-9-23-17-3-5-18(6-4-17)26(28)29/h3-8,12,15,23H,1-2,9-11,14,16,22H2/q+1. The summed E-state index contributed by atoms with van der Waals surface area (Å²) in [5.41, 5.74) is 7.06. The third-order valence-corrected chi connectivity index (χ3v) is 4.84. The van der Waals surface area contributed by atoms with Crippen molar-refractivity contribution in [1.29, 1.82) is 0 Å². The number of nitrogens with zero attached hydrogens (tertiary/aromatic N) is 4. The van der Waals surface area contributed by atoms with Gasteiger partial charge in [0.2, 0.25) is 0 Å². The maximum Gasteiger partial charge on any atom is 0.391 e. The number of non-ortho nitro benzene ring substituents is 2. The monoisotopic (exact) mass is 441 g/mol. The Morgan fingerprint density at radius 1 is 1.03 bits per heavy atom. The van der Waals surface area contributed by atoms with E-state index in [9.17, 15) is 20.2 Å². The Hall–Kier alpha value is -4.11. The van der Waals surface area contributed by atoms with E-state index in [1.54, 1.807) is 12.1 Å².